The van der Waals surface area contributed by atoms with E-state index in [4.69, 9.17) is 16.3 Å². The molecule has 0 bridgehead atoms. The van der Waals surface area contributed by atoms with Gasteiger partial charge < -0.3 is 4.74 Å². The van der Waals surface area contributed by atoms with Crippen molar-refractivity contribution in [3.8, 4) is 5.75 Å². The number of rotatable bonds is 4. The fourth-order valence-corrected chi connectivity index (χ4v) is 3.27. The molecule has 0 aliphatic rings. The van der Waals surface area contributed by atoms with Gasteiger partial charge in [0.15, 0.2) is 11.7 Å². The maximum absolute atomic E-state index is 13.6. The Morgan fingerprint density at radius 2 is 2.04 bits per heavy atom. The summed E-state index contributed by atoms with van der Waals surface area (Å²) in [7, 11) is 0. The monoisotopic (exact) mass is 364 g/mol. The molecule has 0 saturated heterocycles. The van der Waals surface area contributed by atoms with E-state index in [1.807, 2.05) is 13.8 Å². The van der Waals surface area contributed by atoms with Crippen molar-refractivity contribution in [2.45, 2.75) is 13.8 Å². The Bertz CT molecular complexity index is 903. The SMILES string of the molecule is Cc1cc(OCC(=O)Nc2nc3c(F)cccc3s2)cc(C)c1Cl. The van der Waals surface area contributed by atoms with Gasteiger partial charge in [0.1, 0.15) is 17.1 Å². The third-order valence-corrected chi connectivity index (χ3v) is 4.93. The molecular weight excluding hydrogens is 351 g/mol. The Morgan fingerprint density at radius 1 is 1.33 bits per heavy atom. The van der Waals surface area contributed by atoms with Crippen molar-refractivity contribution in [1.82, 2.24) is 4.98 Å². The summed E-state index contributed by atoms with van der Waals surface area (Å²) in [5.41, 5.74) is 2.02. The van der Waals surface area contributed by atoms with Crippen molar-refractivity contribution in [2.75, 3.05) is 11.9 Å². The number of nitrogens with zero attached hydrogens (tertiary/aromatic N) is 1. The summed E-state index contributed by atoms with van der Waals surface area (Å²) in [5, 5.41) is 3.64. The molecule has 3 aromatic rings. The first-order valence-electron chi connectivity index (χ1n) is 7.18. The number of carbonyl (C=O) groups excluding carboxylic acids is 1. The molecule has 1 amide bonds. The molecule has 0 radical (unpaired) electrons. The molecule has 24 heavy (non-hydrogen) atoms. The van der Waals surface area contributed by atoms with Crippen LogP contribution in [0.1, 0.15) is 11.1 Å². The Labute approximate surface area is 147 Å². The van der Waals surface area contributed by atoms with Gasteiger partial charge in [-0.3, -0.25) is 10.1 Å². The molecule has 1 heterocycles. The van der Waals surface area contributed by atoms with Crippen molar-refractivity contribution in [3.63, 3.8) is 0 Å². The van der Waals surface area contributed by atoms with E-state index < -0.39 is 5.82 Å². The number of thiazole rings is 1. The van der Waals surface area contributed by atoms with Gasteiger partial charge in [0, 0.05) is 5.02 Å². The van der Waals surface area contributed by atoms with Crippen molar-refractivity contribution in [2.24, 2.45) is 0 Å². The quantitative estimate of drug-likeness (QED) is 0.728. The summed E-state index contributed by atoms with van der Waals surface area (Å²) in [5.74, 6) is -0.202. The molecule has 124 valence electrons. The van der Waals surface area contributed by atoms with Crippen LogP contribution in [0.2, 0.25) is 5.02 Å². The van der Waals surface area contributed by atoms with E-state index in [1.165, 1.54) is 17.4 Å². The topological polar surface area (TPSA) is 51.2 Å². The third kappa shape index (κ3) is 3.49. The van der Waals surface area contributed by atoms with Crippen molar-refractivity contribution >= 4 is 44.2 Å². The van der Waals surface area contributed by atoms with E-state index in [1.54, 1.807) is 24.3 Å². The van der Waals surface area contributed by atoms with E-state index in [9.17, 15) is 9.18 Å². The number of hydrogen-bond donors (Lipinski definition) is 1. The first kappa shape index (κ1) is 16.7. The highest BCUT2D eigenvalue weighted by Gasteiger charge is 2.11. The molecule has 0 atom stereocenters. The van der Waals surface area contributed by atoms with Crippen LogP contribution in [0.25, 0.3) is 10.2 Å². The highest BCUT2D eigenvalue weighted by Crippen LogP contribution is 2.28. The van der Waals surface area contributed by atoms with Gasteiger partial charge in [-0.1, -0.05) is 29.0 Å². The second-order valence-corrected chi connectivity index (χ2v) is 6.72. The number of carbonyl (C=O) groups is 1. The fraction of sp³-hybridized carbons (Fsp3) is 0.176. The van der Waals surface area contributed by atoms with Gasteiger partial charge in [-0.25, -0.2) is 9.37 Å². The van der Waals surface area contributed by atoms with E-state index in [-0.39, 0.29) is 18.0 Å². The largest absolute Gasteiger partial charge is 0.484 e. The van der Waals surface area contributed by atoms with Crippen LogP contribution in [0, 0.1) is 19.7 Å². The van der Waals surface area contributed by atoms with Crippen LogP contribution in [0.5, 0.6) is 5.75 Å². The van der Waals surface area contributed by atoms with Gasteiger partial charge in [0.2, 0.25) is 0 Å². The number of para-hydroxylation sites is 1. The van der Waals surface area contributed by atoms with Gasteiger partial charge >= 0.3 is 0 Å². The van der Waals surface area contributed by atoms with Crippen molar-refractivity contribution < 1.29 is 13.9 Å². The molecule has 0 fully saturated rings. The first-order valence-corrected chi connectivity index (χ1v) is 8.38. The van der Waals surface area contributed by atoms with Gasteiger partial charge in [-0.05, 0) is 49.2 Å². The summed E-state index contributed by atoms with van der Waals surface area (Å²) < 4.78 is 19.8. The number of anilines is 1. The molecule has 1 aromatic heterocycles. The predicted molar refractivity (Wildman–Crippen MR) is 94.6 cm³/mol. The lowest BCUT2D eigenvalue weighted by molar-refractivity contribution is -0.118. The van der Waals surface area contributed by atoms with E-state index in [0.717, 1.165) is 11.1 Å². The number of aromatic nitrogens is 1. The molecule has 1 N–H and O–H groups in total. The van der Waals surface area contributed by atoms with E-state index in [0.29, 0.717) is 20.6 Å². The average Bonchev–Trinajstić information content (AvgIpc) is 2.94. The minimum atomic E-state index is -0.410. The molecule has 3 rings (SSSR count). The van der Waals surface area contributed by atoms with Crippen LogP contribution in [-0.4, -0.2) is 17.5 Å². The summed E-state index contributed by atoms with van der Waals surface area (Å²) in [6.45, 7) is 3.58. The maximum atomic E-state index is 13.6. The molecule has 2 aromatic carbocycles. The second-order valence-electron chi connectivity index (χ2n) is 5.31. The van der Waals surface area contributed by atoms with Crippen LogP contribution >= 0.6 is 22.9 Å². The third-order valence-electron chi connectivity index (χ3n) is 3.40. The van der Waals surface area contributed by atoms with Gasteiger partial charge in [-0.2, -0.15) is 0 Å². The minimum absolute atomic E-state index is 0.168. The number of halogens is 2. The van der Waals surface area contributed by atoms with Gasteiger partial charge in [0.05, 0.1) is 4.70 Å². The van der Waals surface area contributed by atoms with Crippen LogP contribution < -0.4 is 10.1 Å². The number of hydrogen-bond acceptors (Lipinski definition) is 4. The molecule has 0 spiro atoms. The normalized spacial score (nSPS) is 10.8. The summed E-state index contributed by atoms with van der Waals surface area (Å²) in [4.78, 5) is 16.1. The van der Waals surface area contributed by atoms with Gasteiger partial charge in [0.25, 0.3) is 5.91 Å². The average molecular weight is 365 g/mol. The molecule has 0 saturated carbocycles. The Hall–Kier alpha value is -2.18. The number of amides is 1. The zero-order valence-corrected chi connectivity index (χ0v) is 14.6. The zero-order valence-electron chi connectivity index (χ0n) is 13.0. The Balaban J connectivity index is 1.66. The van der Waals surface area contributed by atoms with Crippen LogP contribution in [0.3, 0.4) is 0 Å². The number of fused-ring (bicyclic) bond motifs is 1. The van der Waals surface area contributed by atoms with Gasteiger partial charge in [-0.15, -0.1) is 0 Å². The number of ether oxygens (including phenoxy) is 1. The predicted octanol–water partition coefficient (Wildman–Crippen LogP) is 4.72. The van der Waals surface area contributed by atoms with E-state index in [2.05, 4.69) is 10.3 Å². The molecule has 0 aliphatic carbocycles. The molecule has 7 heteroatoms. The highest BCUT2D eigenvalue weighted by molar-refractivity contribution is 7.22. The lowest BCUT2D eigenvalue weighted by Crippen LogP contribution is -2.20. The molecule has 4 nitrogen and oxygen atoms in total. The Kier molecular flexibility index (Phi) is 4.69. The zero-order chi connectivity index (χ0) is 17.3. The summed E-state index contributed by atoms with van der Waals surface area (Å²) in [6.07, 6.45) is 0. The number of benzene rings is 2. The van der Waals surface area contributed by atoms with Crippen molar-refractivity contribution in [1.29, 1.82) is 0 Å². The smallest absolute Gasteiger partial charge is 0.264 e. The number of nitrogens with one attached hydrogen (secondary N) is 1. The summed E-state index contributed by atoms with van der Waals surface area (Å²) >= 11 is 7.31. The number of aryl methyl sites for hydroxylation is 2. The first-order chi connectivity index (χ1) is 11.4. The Morgan fingerprint density at radius 3 is 2.71 bits per heavy atom. The van der Waals surface area contributed by atoms with Crippen LogP contribution in [0.4, 0.5) is 9.52 Å². The summed E-state index contributed by atoms with van der Waals surface area (Å²) in [6, 6.07) is 8.24. The lowest BCUT2D eigenvalue weighted by atomic mass is 10.1. The molecular formula is C17H14ClFN2O2S. The lowest BCUT2D eigenvalue weighted by Gasteiger charge is -2.09. The van der Waals surface area contributed by atoms with Crippen molar-refractivity contribution in [3.05, 3.63) is 52.3 Å². The highest BCUT2D eigenvalue weighted by atomic mass is 35.5. The molecule has 0 unspecified atom stereocenters. The minimum Gasteiger partial charge on any atom is -0.484 e. The standard InChI is InChI=1S/C17H14ClFN2O2S/c1-9-6-11(7-10(2)15(9)18)23-8-14(22)20-17-21-16-12(19)4-3-5-13(16)24-17/h3-7H,8H2,1-2H3,(H,20,21,22). The second kappa shape index (κ2) is 6.75. The maximum Gasteiger partial charge on any atom is 0.264 e. The van der Waals surface area contributed by atoms with E-state index >= 15 is 0 Å². The fourth-order valence-electron chi connectivity index (χ4n) is 2.26. The molecule has 0 aliphatic heterocycles. The van der Waals surface area contributed by atoms with Crippen LogP contribution in [-0.2, 0) is 4.79 Å². The van der Waals surface area contributed by atoms with Crippen LogP contribution in [0.15, 0.2) is 30.3 Å².